The van der Waals surface area contributed by atoms with Gasteiger partial charge in [-0.25, -0.2) is 14.2 Å². The molecular formula is C18H14ClFN2O4. The van der Waals surface area contributed by atoms with E-state index in [2.05, 4.69) is 14.9 Å². The van der Waals surface area contributed by atoms with E-state index < -0.39 is 11.8 Å². The Morgan fingerprint density at radius 1 is 1.31 bits per heavy atom. The smallest absolute Gasteiger partial charge is 0.339 e. The van der Waals surface area contributed by atoms with Crippen molar-refractivity contribution in [2.75, 3.05) is 7.11 Å². The van der Waals surface area contributed by atoms with Gasteiger partial charge >= 0.3 is 5.97 Å². The Hall–Kier alpha value is -2.93. The maximum absolute atomic E-state index is 14.2. The molecule has 1 aromatic carbocycles. The van der Waals surface area contributed by atoms with E-state index in [-0.39, 0.29) is 12.2 Å². The lowest BCUT2D eigenvalue weighted by molar-refractivity contribution is 0.0600. The molecule has 3 aromatic rings. The minimum absolute atomic E-state index is 0.0668. The molecule has 26 heavy (non-hydrogen) atoms. The van der Waals surface area contributed by atoms with Crippen LogP contribution in [0.25, 0.3) is 11.3 Å². The fraction of sp³-hybridized carbons (Fsp3) is 0.167. The lowest BCUT2D eigenvalue weighted by atomic mass is 10.1. The van der Waals surface area contributed by atoms with Gasteiger partial charge in [0.05, 0.1) is 18.2 Å². The van der Waals surface area contributed by atoms with Gasteiger partial charge in [-0.3, -0.25) is 0 Å². The normalized spacial score (nSPS) is 10.6. The second kappa shape index (κ2) is 7.53. The summed E-state index contributed by atoms with van der Waals surface area (Å²) in [5.74, 6) is -0.201. The minimum atomic E-state index is -0.507. The van der Waals surface area contributed by atoms with E-state index in [0.29, 0.717) is 33.5 Å². The van der Waals surface area contributed by atoms with Crippen LogP contribution >= 0.6 is 11.6 Å². The number of rotatable bonds is 5. The van der Waals surface area contributed by atoms with E-state index in [1.54, 1.807) is 13.0 Å². The zero-order chi connectivity index (χ0) is 18.7. The molecule has 0 atom stereocenters. The largest absolute Gasteiger partial charge is 0.473 e. The monoisotopic (exact) mass is 376 g/mol. The maximum Gasteiger partial charge on any atom is 0.339 e. The van der Waals surface area contributed by atoms with E-state index >= 15 is 0 Å². The van der Waals surface area contributed by atoms with E-state index in [1.165, 1.54) is 37.6 Å². The Morgan fingerprint density at radius 3 is 2.77 bits per heavy atom. The van der Waals surface area contributed by atoms with Gasteiger partial charge in [-0.15, -0.1) is 0 Å². The van der Waals surface area contributed by atoms with Crippen LogP contribution in [-0.4, -0.2) is 23.2 Å². The van der Waals surface area contributed by atoms with Crippen LogP contribution in [0.4, 0.5) is 4.39 Å². The summed E-state index contributed by atoms with van der Waals surface area (Å²) in [5, 5.41) is 4.21. The fourth-order valence-electron chi connectivity index (χ4n) is 2.30. The van der Waals surface area contributed by atoms with Gasteiger partial charge in [-0.2, -0.15) is 0 Å². The van der Waals surface area contributed by atoms with Crippen LogP contribution in [0.1, 0.15) is 21.7 Å². The number of aromatic nitrogens is 2. The van der Waals surface area contributed by atoms with Crippen LogP contribution < -0.4 is 4.74 Å². The number of carbonyl (C=O) groups excluding carboxylic acids is 1. The molecule has 0 aliphatic rings. The molecule has 0 bridgehead atoms. The Bertz CT molecular complexity index is 941. The molecule has 0 saturated carbocycles. The lowest BCUT2D eigenvalue weighted by Crippen LogP contribution is -2.03. The molecule has 0 radical (unpaired) electrons. The number of pyridine rings is 1. The van der Waals surface area contributed by atoms with Gasteiger partial charge in [-0.1, -0.05) is 16.8 Å². The first-order valence-electron chi connectivity index (χ1n) is 7.57. The van der Waals surface area contributed by atoms with Crippen molar-refractivity contribution in [1.29, 1.82) is 0 Å². The quantitative estimate of drug-likeness (QED) is 0.621. The van der Waals surface area contributed by atoms with Gasteiger partial charge in [0, 0.05) is 22.8 Å². The van der Waals surface area contributed by atoms with E-state index in [4.69, 9.17) is 20.9 Å². The maximum atomic E-state index is 14.2. The van der Waals surface area contributed by atoms with Crippen molar-refractivity contribution in [3.05, 3.63) is 64.3 Å². The first-order valence-corrected chi connectivity index (χ1v) is 7.95. The van der Waals surface area contributed by atoms with Crippen molar-refractivity contribution in [2.24, 2.45) is 0 Å². The molecule has 6 nitrogen and oxygen atoms in total. The van der Waals surface area contributed by atoms with E-state index in [9.17, 15) is 9.18 Å². The zero-order valence-corrected chi connectivity index (χ0v) is 14.7. The summed E-state index contributed by atoms with van der Waals surface area (Å²) in [7, 11) is 1.29. The van der Waals surface area contributed by atoms with Crippen molar-refractivity contribution in [3.8, 4) is 17.1 Å². The van der Waals surface area contributed by atoms with Crippen LogP contribution in [-0.2, 0) is 11.3 Å². The number of ether oxygens (including phenoxy) is 2. The number of esters is 1. The Morgan fingerprint density at radius 2 is 2.12 bits per heavy atom. The van der Waals surface area contributed by atoms with Gasteiger partial charge < -0.3 is 14.0 Å². The van der Waals surface area contributed by atoms with Crippen molar-refractivity contribution in [3.63, 3.8) is 0 Å². The summed E-state index contributed by atoms with van der Waals surface area (Å²) < 4.78 is 29.6. The standard InChI is InChI=1S/C18H14ClFN2O4/c1-10-14(9-25-16-6-3-11(8-21-16)18(23)24-2)17(22-26-10)13-5-4-12(19)7-15(13)20/h3-8H,9H2,1-2H3. The van der Waals surface area contributed by atoms with Gasteiger partial charge in [-0.05, 0) is 31.2 Å². The summed E-state index contributed by atoms with van der Waals surface area (Å²) in [4.78, 5) is 15.4. The third-order valence-electron chi connectivity index (χ3n) is 3.69. The highest BCUT2D eigenvalue weighted by atomic mass is 35.5. The van der Waals surface area contributed by atoms with Gasteiger partial charge in [0.25, 0.3) is 0 Å². The first kappa shape index (κ1) is 17.9. The molecule has 3 rings (SSSR count). The highest BCUT2D eigenvalue weighted by Crippen LogP contribution is 2.29. The van der Waals surface area contributed by atoms with Crippen LogP contribution in [0, 0.1) is 12.7 Å². The third kappa shape index (κ3) is 3.67. The molecular weight excluding hydrogens is 363 g/mol. The second-order valence-corrected chi connectivity index (χ2v) is 5.79. The Balaban J connectivity index is 1.80. The predicted molar refractivity (Wildman–Crippen MR) is 91.6 cm³/mol. The molecule has 0 saturated heterocycles. The number of hydrogen-bond donors (Lipinski definition) is 0. The summed E-state index contributed by atoms with van der Waals surface area (Å²) >= 11 is 5.79. The molecule has 0 aliphatic heterocycles. The molecule has 134 valence electrons. The SMILES string of the molecule is COC(=O)c1ccc(OCc2c(-c3ccc(Cl)cc3F)noc2C)nc1. The molecule has 0 N–H and O–H groups in total. The topological polar surface area (TPSA) is 74.5 Å². The van der Waals surface area contributed by atoms with Crippen LogP contribution in [0.2, 0.25) is 5.02 Å². The molecule has 0 aliphatic carbocycles. The van der Waals surface area contributed by atoms with Crippen molar-refractivity contribution < 1.29 is 23.2 Å². The van der Waals surface area contributed by atoms with E-state index in [1.807, 2.05) is 0 Å². The highest BCUT2D eigenvalue weighted by Gasteiger charge is 2.19. The summed E-state index contributed by atoms with van der Waals surface area (Å²) in [6, 6.07) is 7.38. The number of benzene rings is 1. The second-order valence-electron chi connectivity index (χ2n) is 5.36. The molecule has 0 spiro atoms. The molecule has 0 fully saturated rings. The molecule has 0 amide bonds. The number of hydrogen-bond acceptors (Lipinski definition) is 6. The van der Waals surface area contributed by atoms with Gasteiger partial charge in [0.15, 0.2) is 0 Å². The fourth-order valence-corrected chi connectivity index (χ4v) is 2.46. The minimum Gasteiger partial charge on any atom is -0.473 e. The van der Waals surface area contributed by atoms with Crippen molar-refractivity contribution in [2.45, 2.75) is 13.5 Å². The molecule has 0 unspecified atom stereocenters. The predicted octanol–water partition coefficient (Wildman–Crippen LogP) is 4.20. The average Bonchev–Trinajstić information content (AvgIpc) is 3.00. The molecule has 2 heterocycles. The zero-order valence-electron chi connectivity index (χ0n) is 14.0. The molecule has 2 aromatic heterocycles. The summed E-state index contributed by atoms with van der Waals surface area (Å²) in [6.45, 7) is 1.77. The van der Waals surface area contributed by atoms with E-state index in [0.717, 1.165) is 0 Å². The highest BCUT2D eigenvalue weighted by molar-refractivity contribution is 6.30. The average molecular weight is 377 g/mol. The van der Waals surface area contributed by atoms with Gasteiger partial charge in [0.1, 0.15) is 23.9 Å². The number of halogens is 2. The van der Waals surface area contributed by atoms with Gasteiger partial charge in [0.2, 0.25) is 5.88 Å². The van der Waals surface area contributed by atoms with Crippen molar-refractivity contribution in [1.82, 2.24) is 10.1 Å². The van der Waals surface area contributed by atoms with Crippen LogP contribution in [0.5, 0.6) is 5.88 Å². The third-order valence-corrected chi connectivity index (χ3v) is 3.93. The number of nitrogens with zero attached hydrogens (tertiary/aromatic N) is 2. The van der Waals surface area contributed by atoms with Crippen molar-refractivity contribution >= 4 is 17.6 Å². The van der Waals surface area contributed by atoms with Crippen LogP contribution in [0.3, 0.4) is 0 Å². The summed E-state index contributed by atoms with van der Waals surface area (Å²) in [5.41, 5.74) is 1.50. The Labute approximate surface area is 153 Å². The summed E-state index contributed by atoms with van der Waals surface area (Å²) in [6.07, 6.45) is 1.35. The number of aryl methyl sites for hydroxylation is 1. The molecule has 8 heteroatoms. The lowest BCUT2D eigenvalue weighted by Gasteiger charge is -2.07. The first-order chi connectivity index (χ1) is 12.5. The number of methoxy groups -OCH3 is 1. The Kier molecular flexibility index (Phi) is 5.18. The number of carbonyl (C=O) groups is 1. The van der Waals surface area contributed by atoms with Crippen LogP contribution in [0.15, 0.2) is 41.1 Å².